The molecule has 2 aromatic rings. The highest BCUT2D eigenvalue weighted by molar-refractivity contribution is 8.00. The van der Waals surface area contributed by atoms with Gasteiger partial charge in [-0.1, -0.05) is 19.4 Å². The number of hydrogen-bond acceptors (Lipinski definition) is 5. The first-order chi connectivity index (χ1) is 16.1. The second-order valence-electron chi connectivity index (χ2n) is 9.05. The smallest absolute Gasteiger partial charge is 0.244 e. The van der Waals surface area contributed by atoms with Crippen LogP contribution in [0.3, 0.4) is 0 Å². The molecule has 1 saturated heterocycles. The number of hydrogen-bond donors (Lipinski definition) is 1. The Morgan fingerprint density at radius 1 is 1.06 bits per heavy atom. The molecule has 2 amide bonds. The zero-order valence-corrected chi connectivity index (χ0v) is 21.5. The summed E-state index contributed by atoms with van der Waals surface area (Å²) >= 11 is 1.53. The quantitative estimate of drug-likeness (QED) is 0.659. The number of anilines is 2. The van der Waals surface area contributed by atoms with E-state index in [0.29, 0.717) is 24.5 Å². The van der Waals surface area contributed by atoms with Crippen LogP contribution in [0.4, 0.5) is 11.4 Å². The topological polar surface area (TPSA) is 86.8 Å². The lowest BCUT2D eigenvalue weighted by Crippen LogP contribution is -2.39. The van der Waals surface area contributed by atoms with Gasteiger partial charge in [0.2, 0.25) is 21.8 Å². The lowest BCUT2D eigenvalue weighted by atomic mass is 10.1. The van der Waals surface area contributed by atoms with E-state index in [0.717, 1.165) is 35.3 Å². The van der Waals surface area contributed by atoms with Gasteiger partial charge >= 0.3 is 0 Å². The first-order valence-corrected chi connectivity index (χ1v) is 14.0. The molecule has 34 heavy (non-hydrogen) atoms. The number of sulfonamides is 1. The number of nitrogens with one attached hydrogen (secondary N) is 1. The number of aryl methyl sites for hydroxylation is 2. The van der Waals surface area contributed by atoms with Crippen molar-refractivity contribution in [3.05, 3.63) is 47.5 Å². The third-order valence-electron chi connectivity index (χ3n) is 6.36. The lowest BCUT2D eigenvalue weighted by Gasteiger charge is -2.27. The number of nitrogens with zero attached hydrogens (tertiary/aromatic N) is 2. The van der Waals surface area contributed by atoms with Gasteiger partial charge < -0.3 is 10.2 Å². The summed E-state index contributed by atoms with van der Waals surface area (Å²) < 4.78 is 28.1. The molecule has 2 aliphatic rings. The van der Waals surface area contributed by atoms with Gasteiger partial charge in [-0.2, -0.15) is 4.31 Å². The number of amides is 2. The molecule has 0 aliphatic carbocycles. The van der Waals surface area contributed by atoms with Crippen molar-refractivity contribution in [2.45, 2.75) is 61.5 Å². The molecule has 1 N–H and O–H groups in total. The van der Waals surface area contributed by atoms with E-state index < -0.39 is 10.0 Å². The number of piperidine rings is 1. The van der Waals surface area contributed by atoms with Gasteiger partial charge in [0.15, 0.2) is 0 Å². The summed E-state index contributed by atoms with van der Waals surface area (Å²) in [4.78, 5) is 28.4. The molecular weight excluding hydrogens is 470 g/mol. The molecule has 1 atom stereocenters. The van der Waals surface area contributed by atoms with Gasteiger partial charge in [0.05, 0.1) is 10.6 Å². The Balaban J connectivity index is 1.64. The summed E-state index contributed by atoms with van der Waals surface area (Å²) in [6.07, 6.45) is 2.99. The van der Waals surface area contributed by atoms with Gasteiger partial charge in [-0.05, 0) is 68.1 Å². The molecule has 7 nitrogen and oxygen atoms in total. The van der Waals surface area contributed by atoms with Gasteiger partial charge in [0.1, 0.15) is 6.54 Å². The summed E-state index contributed by atoms with van der Waals surface area (Å²) in [6, 6.07) is 10.6. The minimum absolute atomic E-state index is 0.0172. The van der Waals surface area contributed by atoms with Crippen LogP contribution in [0.25, 0.3) is 0 Å². The minimum atomic E-state index is -3.66. The Kier molecular flexibility index (Phi) is 7.35. The molecule has 2 aliphatic heterocycles. The fraction of sp³-hybridized carbons (Fsp3) is 0.440. The molecule has 2 aromatic carbocycles. The van der Waals surface area contributed by atoms with Crippen molar-refractivity contribution in [2.75, 3.05) is 29.9 Å². The van der Waals surface area contributed by atoms with Gasteiger partial charge in [-0.25, -0.2) is 8.42 Å². The van der Waals surface area contributed by atoms with E-state index in [1.807, 2.05) is 39.0 Å². The molecule has 2 heterocycles. The highest BCUT2D eigenvalue weighted by atomic mass is 32.2. The predicted molar refractivity (Wildman–Crippen MR) is 136 cm³/mol. The minimum Gasteiger partial charge on any atom is -0.325 e. The Morgan fingerprint density at radius 3 is 2.50 bits per heavy atom. The molecule has 0 spiro atoms. The summed E-state index contributed by atoms with van der Waals surface area (Å²) in [5.41, 5.74) is 3.34. The number of carbonyl (C=O) groups is 2. The molecular formula is C25H31N3O4S2. The maximum absolute atomic E-state index is 13.3. The van der Waals surface area contributed by atoms with Crippen molar-refractivity contribution in [1.82, 2.24) is 4.31 Å². The number of carbonyl (C=O) groups excluding carboxylic acids is 2. The van der Waals surface area contributed by atoms with Crippen LogP contribution in [-0.2, 0) is 19.6 Å². The van der Waals surface area contributed by atoms with Crippen LogP contribution in [0.2, 0.25) is 0 Å². The molecule has 4 rings (SSSR count). The normalized spacial score (nSPS) is 19.4. The van der Waals surface area contributed by atoms with E-state index in [4.69, 9.17) is 0 Å². The number of rotatable bonds is 5. The number of benzene rings is 2. The molecule has 0 aromatic heterocycles. The Bertz CT molecular complexity index is 1210. The molecule has 1 fully saturated rings. The number of fused-ring (bicyclic) bond motifs is 1. The second-order valence-corrected chi connectivity index (χ2v) is 12.5. The standard InChI is InChI=1S/C25H31N3O4S2/c1-17-7-8-20(13-18(17)2)26-24(29)16-28-22-15-21(34(31,32)27-11-5-4-6-12-27)9-10-23(22)33-19(3)14-25(28)30/h7-10,13,15,19H,4-6,11-12,14,16H2,1-3H3,(H,26,29)/t19-/m1/s1. The fourth-order valence-corrected chi connectivity index (χ4v) is 6.94. The van der Waals surface area contributed by atoms with Gasteiger partial charge in [-0.3, -0.25) is 9.59 Å². The average Bonchev–Trinajstić information content (AvgIpc) is 2.91. The van der Waals surface area contributed by atoms with Crippen LogP contribution < -0.4 is 10.2 Å². The Hall–Kier alpha value is -2.36. The van der Waals surface area contributed by atoms with Crippen LogP contribution >= 0.6 is 11.8 Å². The summed E-state index contributed by atoms with van der Waals surface area (Å²) in [5, 5.41) is 2.89. The van der Waals surface area contributed by atoms with Gasteiger partial charge in [0, 0.05) is 35.3 Å². The average molecular weight is 502 g/mol. The molecule has 9 heteroatoms. The van der Waals surface area contributed by atoms with E-state index >= 15 is 0 Å². The van der Waals surface area contributed by atoms with E-state index in [9.17, 15) is 18.0 Å². The first kappa shape index (κ1) is 24.8. The zero-order valence-electron chi connectivity index (χ0n) is 19.8. The monoisotopic (exact) mass is 501 g/mol. The summed E-state index contributed by atoms with van der Waals surface area (Å²) in [7, 11) is -3.66. The summed E-state index contributed by atoms with van der Waals surface area (Å²) in [5.74, 6) is -0.520. The Morgan fingerprint density at radius 2 is 1.79 bits per heavy atom. The maximum Gasteiger partial charge on any atom is 0.244 e. The predicted octanol–water partition coefficient (Wildman–Crippen LogP) is 4.33. The van der Waals surface area contributed by atoms with Crippen LogP contribution in [0.1, 0.15) is 43.7 Å². The molecule has 0 radical (unpaired) electrons. The zero-order chi connectivity index (χ0) is 24.5. The van der Waals surface area contributed by atoms with Crippen molar-refractivity contribution in [2.24, 2.45) is 0 Å². The van der Waals surface area contributed by atoms with E-state index in [-0.39, 0.29) is 34.9 Å². The van der Waals surface area contributed by atoms with E-state index in [1.54, 1.807) is 18.2 Å². The van der Waals surface area contributed by atoms with E-state index in [2.05, 4.69) is 5.32 Å². The van der Waals surface area contributed by atoms with Gasteiger partial charge in [0.25, 0.3) is 0 Å². The molecule has 0 saturated carbocycles. The highest BCUT2D eigenvalue weighted by Crippen LogP contribution is 2.39. The van der Waals surface area contributed by atoms with Crippen molar-refractivity contribution < 1.29 is 18.0 Å². The van der Waals surface area contributed by atoms with Crippen molar-refractivity contribution in [3.63, 3.8) is 0 Å². The van der Waals surface area contributed by atoms with Crippen LogP contribution in [-0.4, -0.2) is 49.4 Å². The molecule has 0 unspecified atom stereocenters. The van der Waals surface area contributed by atoms with Crippen LogP contribution in [0.5, 0.6) is 0 Å². The second kappa shape index (κ2) is 10.1. The van der Waals surface area contributed by atoms with Crippen molar-refractivity contribution >= 4 is 45.0 Å². The maximum atomic E-state index is 13.3. The lowest BCUT2D eigenvalue weighted by molar-refractivity contribution is -0.121. The number of thioether (sulfide) groups is 1. The Labute approximate surface area is 205 Å². The third kappa shape index (κ3) is 5.31. The largest absolute Gasteiger partial charge is 0.325 e. The van der Waals surface area contributed by atoms with Crippen molar-refractivity contribution in [1.29, 1.82) is 0 Å². The summed E-state index contributed by atoms with van der Waals surface area (Å²) in [6.45, 7) is 6.77. The molecule has 182 valence electrons. The van der Waals surface area contributed by atoms with Crippen LogP contribution in [0.15, 0.2) is 46.2 Å². The SMILES string of the molecule is Cc1ccc(NC(=O)CN2C(=O)C[C@@H](C)Sc3ccc(S(=O)(=O)N4CCCCC4)cc32)cc1C. The van der Waals surface area contributed by atoms with Crippen LogP contribution in [0, 0.1) is 13.8 Å². The first-order valence-electron chi connectivity index (χ1n) is 11.6. The fourth-order valence-electron chi connectivity index (χ4n) is 4.31. The van der Waals surface area contributed by atoms with E-state index in [1.165, 1.54) is 21.0 Å². The third-order valence-corrected chi connectivity index (χ3v) is 9.42. The molecule has 0 bridgehead atoms. The van der Waals surface area contributed by atoms with Crippen molar-refractivity contribution in [3.8, 4) is 0 Å². The van der Waals surface area contributed by atoms with Gasteiger partial charge in [-0.15, -0.1) is 11.8 Å². The highest BCUT2D eigenvalue weighted by Gasteiger charge is 2.31.